The lowest BCUT2D eigenvalue weighted by atomic mass is 9.48. The molecule has 1 amide bonds. The van der Waals surface area contributed by atoms with Gasteiger partial charge in [-0.25, -0.2) is 0 Å². The number of nitrogens with zero attached hydrogens (tertiary/aromatic N) is 4. The summed E-state index contributed by atoms with van der Waals surface area (Å²) in [6.07, 6.45) is 7.57. The predicted molar refractivity (Wildman–Crippen MR) is 126 cm³/mol. The summed E-state index contributed by atoms with van der Waals surface area (Å²) >= 11 is 0. The van der Waals surface area contributed by atoms with Crippen LogP contribution in [0.3, 0.4) is 0 Å². The topological polar surface area (TPSA) is 57.5 Å². The molecule has 6 nitrogen and oxygen atoms in total. The van der Waals surface area contributed by atoms with E-state index in [0.29, 0.717) is 50.5 Å². The molecule has 1 aromatic carbocycles. The molecule has 192 valence electrons. The second-order valence-corrected chi connectivity index (χ2v) is 11.4. The highest BCUT2D eigenvalue weighted by Gasteiger charge is 2.66. The number of ether oxygens (including phenoxy) is 1. The van der Waals surface area contributed by atoms with Crippen LogP contribution in [0.2, 0.25) is 0 Å². The number of carbonyl (C=O) groups excluding carboxylic acids is 1. The van der Waals surface area contributed by atoms with Crippen LogP contribution in [0.15, 0.2) is 28.4 Å². The van der Waals surface area contributed by atoms with Gasteiger partial charge < -0.3 is 9.64 Å². The first-order valence-electron chi connectivity index (χ1n) is 12.9. The molecule has 2 heterocycles. The summed E-state index contributed by atoms with van der Waals surface area (Å²) in [7, 11) is 0. The zero-order chi connectivity index (χ0) is 25.1. The fourth-order valence-corrected chi connectivity index (χ4v) is 7.66. The largest absolute Gasteiger partial charge is 0.483 e. The van der Waals surface area contributed by atoms with Crippen LogP contribution in [0.5, 0.6) is 5.75 Å². The number of amides is 1. The molecule has 36 heavy (non-hydrogen) atoms. The van der Waals surface area contributed by atoms with Crippen LogP contribution in [0, 0.1) is 30.1 Å². The molecule has 0 radical (unpaired) electrons. The maximum atomic E-state index is 14.1. The molecule has 7 rings (SSSR count). The molecule has 0 unspecified atom stereocenters. The Labute approximate surface area is 209 Å². The zero-order valence-corrected chi connectivity index (χ0v) is 20.3. The summed E-state index contributed by atoms with van der Waals surface area (Å²) in [5.74, 6) is 4.38. The molecule has 5 fully saturated rings. The van der Waals surface area contributed by atoms with Gasteiger partial charge >= 0.3 is 11.8 Å². The van der Waals surface area contributed by atoms with Crippen molar-refractivity contribution in [2.24, 2.45) is 28.0 Å². The highest BCUT2D eigenvalue weighted by molar-refractivity contribution is 5.78. The average molecular weight is 501 g/mol. The summed E-state index contributed by atoms with van der Waals surface area (Å²) in [4.78, 5) is 16.5. The fourth-order valence-electron chi connectivity index (χ4n) is 7.66. The third-order valence-corrected chi connectivity index (χ3v) is 9.09. The molecule has 0 aromatic heterocycles. The van der Waals surface area contributed by atoms with Crippen molar-refractivity contribution in [1.82, 2.24) is 9.80 Å². The highest BCUT2D eigenvalue weighted by atomic mass is 19.4. The third kappa shape index (κ3) is 3.98. The van der Waals surface area contributed by atoms with Gasteiger partial charge in [-0.15, -0.1) is 16.7 Å². The lowest BCUT2D eigenvalue weighted by molar-refractivity contribution is -0.166. The molecule has 0 N–H and O–H groups in total. The van der Waals surface area contributed by atoms with Gasteiger partial charge in [-0.1, -0.05) is 12.0 Å². The number of rotatable bonds is 6. The van der Waals surface area contributed by atoms with Gasteiger partial charge in [0, 0.05) is 26.2 Å². The number of carbonyl (C=O) groups is 1. The Hall–Kier alpha value is -2.60. The van der Waals surface area contributed by atoms with Gasteiger partial charge in [-0.05, 0) is 79.4 Å². The molecule has 0 spiro atoms. The molecule has 2 aliphatic heterocycles. The van der Waals surface area contributed by atoms with Crippen LogP contribution in [-0.2, 0) is 15.9 Å². The second-order valence-electron chi connectivity index (χ2n) is 11.4. The van der Waals surface area contributed by atoms with Crippen molar-refractivity contribution in [3.8, 4) is 18.1 Å². The molecule has 1 aromatic rings. The van der Waals surface area contributed by atoms with Crippen molar-refractivity contribution < 1.29 is 22.7 Å². The van der Waals surface area contributed by atoms with E-state index in [1.54, 1.807) is 17.0 Å². The van der Waals surface area contributed by atoms with E-state index < -0.39 is 11.8 Å². The number of hydrogen-bond acceptors (Lipinski definition) is 5. The van der Waals surface area contributed by atoms with Crippen LogP contribution in [0.4, 0.5) is 13.2 Å². The molecular formula is C27H31F3N4O2. The molecule has 6 aliphatic rings. The number of piperazine rings is 1. The van der Waals surface area contributed by atoms with E-state index in [1.165, 1.54) is 19.3 Å². The molecule has 1 saturated heterocycles. The van der Waals surface area contributed by atoms with E-state index in [2.05, 4.69) is 21.0 Å². The summed E-state index contributed by atoms with van der Waals surface area (Å²) < 4.78 is 48.1. The maximum absolute atomic E-state index is 14.1. The monoisotopic (exact) mass is 500 g/mol. The van der Waals surface area contributed by atoms with Gasteiger partial charge in [0.1, 0.15) is 5.75 Å². The van der Waals surface area contributed by atoms with Gasteiger partial charge in [0.25, 0.3) is 5.91 Å². The minimum atomic E-state index is -4.66. The molecule has 4 bridgehead atoms. The number of halogens is 3. The first kappa shape index (κ1) is 23.8. The summed E-state index contributed by atoms with van der Waals surface area (Å²) in [6, 6.07) is 5.17. The summed E-state index contributed by atoms with van der Waals surface area (Å²) in [5, 5.41) is 6.94. The normalized spacial score (nSPS) is 32.4. The van der Waals surface area contributed by atoms with Crippen LogP contribution in [-0.4, -0.2) is 61.2 Å². The summed E-state index contributed by atoms with van der Waals surface area (Å²) in [5.41, 5.74) is -1.81. The molecule has 4 aliphatic carbocycles. The van der Waals surface area contributed by atoms with E-state index in [9.17, 15) is 18.0 Å². The number of hydrogen-bond donors (Lipinski definition) is 0. The first-order chi connectivity index (χ1) is 17.2. The van der Waals surface area contributed by atoms with Crippen LogP contribution in [0.1, 0.15) is 49.7 Å². The molecule has 0 atom stereocenters. The van der Waals surface area contributed by atoms with Crippen LogP contribution in [0.25, 0.3) is 0 Å². The first-order valence-corrected chi connectivity index (χ1v) is 12.9. The lowest BCUT2D eigenvalue weighted by Gasteiger charge is -2.57. The minimum absolute atomic E-state index is 0.0325. The number of terminal acetylenes is 1. The Morgan fingerprint density at radius 2 is 1.67 bits per heavy atom. The Kier molecular flexibility index (Phi) is 5.60. The maximum Gasteiger partial charge on any atom is 0.442 e. The Morgan fingerprint density at radius 3 is 2.19 bits per heavy atom. The molecular weight excluding hydrogens is 469 g/mol. The van der Waals surface area contributed by atoms with E-state index in [4.69, 9.17) is 11.2 Å². The van der Waals surface area contributed by atoms with Crippen LogP contribution < -0.4 is 4.74 Å². The predicted octanol–water partition coefficient (Wildman–Crippen LogP) is 4.49. The van der Waals surface area contributed by atoms with Crippen LogP contribution >= 0.6 is 0 Å². The van der Waals surface area contributed by atoms with Gasteiger partial charge in [0.2, 0.25) is 0 Å². The summed E-state index contributed by atoms with van der Waals surface area (Å²) in [6.45, 7) is 2.56. The van der Waals surface area contributed by atoms with E-state index in [-0.39, 0.29) is 29.2 Å². The minimum Gasteiger partial charge on any atom is -0.483 e. The van der Waals surface area contributed by atoms with E-state index in [0.717, 1.165) is 24.8 Å². The van der Waals surface area contributed by atoms with Gasteiger partial charge in [0.15, 0.2) is 6.61 Å². The lowest BCUT2D eigenvalue weighted by Crippen LogP contribution is -2.50. The third-order valence-electron chi connectivity index (χ3n) is 9.09. The van der Waals surface area contributed by atoms with Crippen molar-refractivity contribution in [2.75, 3.05) is 39.3 Å². The number of alkyl halides is 3. The quantitative estimate of drug-likeness (QED) is 0.541. The molecule has 4 saturated carbocycles. The van der Waals surface area contributed by atoms with Crippen molar-refractivity contribution in [3.05, 3.63) is 29.3 Å². The zero-order valence-electron chi connectivity index (χ0n) is 20.3. The van der Waals surface area contributed by atoms with Gasteiger partial charge in [-0.2, -0.15) is 13.2 Å². The Morgan fingerprint density at radius 1 is 1.06 bits per heavy atom. The molecule has 9 heteroatoms. The van der Waals surface area contributed by atoms with Gasteiger partial charge in [0.05, 0.1) is 12.1 Å². The van der Waals surface area contributed by atoms with E-state index >= 15 is 0 Å². The van der Waals surface area contributed by atoms with E-state index in [1.807, 2.05) is 6.07 Å². The Balaban J connectivity index is 1.23. The Bertz CT molecular complexity index is 1080. The highest BCUT2D eigenvalue weighted by Crippen LogP contribution is 2.62. The average Bonchev–Trinajstić information content (AvgIpc) is 3.65. The second kappa shape index (κ2) is 8.47. The smallest absolute Gasteiger partial charge is 0.442 e. The standard InChI is InChI=1S/C27H31F3N4O2/c1-2-5-33-6-8-34(9-7-33)24(35)17-36-23-4-3-21(13-22(23)26(31-32-26)27(28,29)30)25-14-18-10-19(15-25)12-20(11-18)16-25/h1,3-4,13,18-20H,5-12,14-17H2. The van der Waals surface area contributed by atoms with Gasteiger partial charge in [-0.3, -0.25) is 9.69 Å². The number of benzene rings is 1. The SMILES string of the molecule is C#CCN1CCN(C(=O)COc2ccc(C34CC5CC(CC(C5)C3)C4)cc2C2(C(F)(F)F)N=N2)CC1. The van der Waals surface area contributed by atoms with Crippen molar-refractivity contribution in [3.63, 3.8) is 0 Å². The fraction of sp³-hybridized carbons (Fsp3) is 0.667. The van der Waals surface area contributed by atoms with Crippen molar-refractivity contribution in [2.45, 2.75) is 55.8 Å². The van der Waals surface area contributed by atoms with Crippen molar-refractivity contribution >= 4 is 5.91 Å². The van der Waals surface area contributed by atoms with Crippen molar-refractivity contribution in [1.29, 1.82) is 0 Å².